The van der Waals surface area contributed by atoms with Crippen molar-refractivity contribution in [3.8, 4) is 16.3 Å². The third-order valence-corrected chi connectivity index (χ3v) is 6.95. The van der Waals surface area contributed by atoms with Gasteiger partial charge in [-0.1, -0.05) is 5.21 Å². The Kier molecular flexibility index (Phi) is 4.95. The first-order valence-electron chi connectivity index (χ1n) is 11.1. The highest BCUT2D eigenvalue weighted by Gasteiger charge is 2.29. The van der Waals surface area contributed by atoms with Gasteiger partial charge in [-0.15, -0.1) is 16.4 Å². The molecule has 1 aliphatic rings. The Hall–Kier alpha value is -3.92. The van der Waals surface area contributed by atoms with Gasteiger partial charge in [0.1, 0.15) is 11.5 Å². The van der Waals surface area contributed by atoms with Crippen LogP contribution < -0.4 is 5.32 Å². The molecule has 1 saturated carbocycles. The van der Waals surface area contributed by atoms with Crippen LogP contribution in [0.15, 0.2) is 49.2 Å². The molecule has 9 nitrogen and oxygen atoms in total. The topological polar surface area (TPSA) is 103 Å². The molecule has 5 heterocycles. The van der Waals surface area contributed by atoms with E-state index in [0.29, 0.717) is 23.9 Å². The average Bonchev–Trinajstić information content (AvgIpc) is 3.21. The largest absolute Gasteiger partial charge is 0.348 e. The van der Waals surface area contributed by atoms with Crippen molar-refractivity contribution in [3.05, 3.63) is 76.7 Å². The molecule has 5 aromatic heterocycles. The molecule has 170 valence electrons. The van der Waals surface area contributed by atoms with Gasteiger partial charge < -0.3 is 5.32 Å². The lowest BCUT2D eigenvalue weighted by atomic mass is 10.2. The molecule has 1 fully saturated rings. The summed E-state index contributed by atoms with van der Waals surface area (Å²) in [4.78, 5) is 28.6. The summed E-state index contributed by atoms with van der Waals surface area (Å²) in [6.45, 7) is 4.24. The molecule has 0 spiro atoms. The highest BCUT2D eigenvalue weighted by Crippen LogP contribution is 2.40. The fourth-order valence-electron chi connectivity index (χ4n) is 3.99. The number of nitrogens with zero attached hydrogens (tertiary/aromatic N) is 7. The number of amides is 1. The van der Waals surface area contributed by atoms with E-state index in [0.717, 1.165) is 46.0 Å². The summed E-state index contributed by atoms with van der Waals surface area (Å²) >= 11 is 1.69. The van der Waals surface area contributed by atoms with E-state index in [1.807, 2.05) is 40.7 Å². The summed E-state index contributed by atoms with van der Waals surface area (Å²) in [6.07, 6.45) is 11.2. The van der Waals surface area contributed by atoms with Crippen molar-refractivity contribution in [2.45, 2.75) is 39.2 Å². The van der Waals surface area contributed by atoms with Crippen molar-refractivity contribution in [3.63, 3.8) is 0 Å². The predicted molar refractivity (Wildman–Crippen MR) is 128 cm³/mol. The molecule has 1 amide bonds. The van der Waals surface area contributed by atoms with E-state index in [-0.39, 0.29) is 5.91 Å². The second kappa shape index (κ2) is 8.14. The quantitative estimate of drug-likeness (QED) is 0.404. The summed E-state index contributed by atoms with van der Waals surface area (Å²) < 4.78 is 3.80. The lowest BCUT2D eigenvalue weighted by Gasteiger charge is -2.12. The molecule has 0 saturated heterocycles. The van der Waals surface area contributed by atoms with Gasteiger partial charge in [-0.3, -0.25) is 9.20 Å². The molecular weight excluding hydrogens is 448 g/mol. The van der Waals surface area contributed by atoms with E-state index in [1.54, 1.807) is 23.7 Å². The summed E-state index contributed by atoms with van der Waals surface area (Å²) in [6, 6.07) is 6.01. The highest BCUT2D eigenvalue weighted by atomic mass is 32.1. The Morgan fingerprint density at radius 2 is 1.94 bits per heavy atom. The van der Waals surface area contributed by atoms with Crippen LogP contribution in [-0.2, 0) is 6.54 Å². The predicted octanol–water partition coefficient (Wildman–Crippen LogP) is 3.86. The highest BCUT2D eigenvalue weighted by molar-refractivity contribution is 7.15. The molecule has 0 bridgehead atoms. The van der Waals surface area contributed by atoms with E-state index >= 15 is 0 Å². The third kappa shape index (κ3) is 3.75. The van der Waals surface area contributed by atoms with Crippen molar-refractivity contribution >= 4 is 22.9 Å². The van der Waals surface area contributed by atoms with Crippen LogP contribution in [0.1, 0.15) is 51.1 Å². The van der Waals surface area contributed by atoms with Crippen LogP contribution in [0, 0.1) is 13.8 Å². The minimum atomic E-state index is -0.196. The third-order valence-electron chi connectivity index (χ3n) is 5.93. The van der Waals surface area contributed by atoms with Crippen molar-refractivity contribution in [2.75, 3.05) is 0 Å². The second-order valence-electron chi connectivity index (χ2n) is 8.53. The number of imidazole rings is 1. The normalized spacial score (nSPS) is 13.5. The number of pyridine rings is 1. The first-order chi connectivity index (χ1) is 16.6. The molecule has 5 aromatic rings. The maximum atomic E-state index is 13.2. The molecule has 0 unspecified atom stereocenters. The van der Waals surface area contributed by atoms with Crippen molar-refractivity contribution in [1.82, 2.24) is 39.7 Å². The van der Waals surface area contributed by atoms with E-state index in [9.17, 15) is 4.79 Å². The Labute approximate surface area is 199 Å². The molecule has 0 atom stereocenters. The molecule has 1 aliphatic carbocycles. The molecule has 1 N–H and O–H groups in total. The number of hydrogen-bond acceptors (Lipinski definition) is 7. The number of aromatic nitrogens is 7. The van der Waals surface area contributed by atoms with Gasteiger partial charge in [-0.05, 0) is 44.9 Å². The van der Waals surface area contributed by atoms with Gasteiger partial charge in [-0.25, -0.2) is 19.6 Å². The number of fused-ring (bicyclic) bond motifs is 1. The number of thiophene rings is 1. The molecule has 0 aromatic carbocycles. The molecule has 0 radical (unpaired) electrons. The van der Waals surface area contributed by atoms with Crippen LogP contribution in [0.4, 0.5) is 0 Å². The van der Waals surface area contributed by atoms with Gasteiger partial charge in [0.25, 0.3) is 5.91 Å². The van der Waals surface area contributed by atoms with Gasteiger partial charge in [0.15, 0.2) is 5.65 Å². The monoisotopic (exact) mass is 470 g/mol. The standard InChI is InChI=1S/C24H22N8OS/c1-14-3-6-22(34-14)21-11-27-23-19(32-20(12-29-30-32)17-4-5-17)7-18(13-31(21)23)24(33)28-10-16-8-25-15(2)26-9-16/h3,6-9,11-13,17H,4-5,10H2,1-2H3,(H,28,33). The Balaban J connectivity index is 1.43. The smallest absolute Gasteiger partial charge is 0.253 e. The van der Waals surface area contributed by atoms with Crippen molar-refractivity contribution in [2.24, 2.45) is 0 Å². The Bertz CT molecular complexity index is 1510. The molecule has 0 aliphatic heterocycles. The van der Waals surface area contributed by atoms with E-state index in [4.69, 9.17) is 4.98 Å². The van der Waals surface area contributed by atoms with E-state index < -0.39 is 0 Å². The average molecular weight is 471 g/mol. The van der Waals surface area contributed by atoms with Crippen LogP contribution in [0.3, 0.4) is 0 Å². The van der Waals surface area contributed by atoms with Crippen molar-refractivity contribution < 1.29 is 4.79 Å². The number of aryl methyl sites for hydroxylation is 2. The lowest BCUT2D eigenvalue weighted by Crippen LogP contribution is -2.24. The number of rotatable bonds is 6. The summed E-state index contributed by atoms with van der Waals surface area (Å²) in [5, 5.41) is 11.5. The zero-order chi connectivity index (χ0) is 23.2. The zero-order valence-corrected chi connectivity index (χ0v) is 19.6. The maximum absolute atomic E-state index is 13.2. The molecule has 34 heavy (non-hydrogen) atoms. The lowest BCUT2D eigenvalue weighted by molar-refractivity contribution is 0.0950. The van der Waals surface area contributed by atoms with Crippen molar-refractivity contribution in [1.29, 1.82) is 0 Å². The number of carbonyl (C=O) groups excluding carboxylic acids is 1. The molecular formula is C24H22N8OS. The minimum Gasteiger partial charge on any atom is -0.348 e. The minimum absolute atomic E-state index is 0.196. The summed E-state index contributed by atoms with van der Waals surface area (Å²) in [5.74, 6) is 0.947. The van der Waals surface area contributed by atoms with Gasteiger partial charge in [0.05, 0.1) is 34.2 Å². The Morgan fingerprint density at radius 3 is 2.68 bits per heavy atom. The van der Waals surface area contributed by atoms with Crippen LogP contribution in [-0.4, -0.2) is 40.3 Å². The fourth-order valence-corrected chi connectivity index (χ4v) is 4.86. The van der Waals surface area contributed by atoms with Gasteiger partial charge >= 0.3 is 0 Å². The van der Waals surface area contributed by atoms with Crippen LogP contribution >= 0.6 is 11.3 Å². The maximum Gasteiger partial charge on any atom is 0.253 e. The number of nitrogens with one attached hydrogen (secondary N) is 1. The molecule has 10 heteroatoms. The van der Waals surface area contributed by atoms with Gasteiger partial charge in [0, 0.05) is 41.5 Å². The van der Waals surface area contributed by atoms with Gasteiger partial charge in [0.2, 0.25) is 0 Å². The van der Waals surface area contributed by atoms with Crippen LogP contribution in [0.5, 0.6) is 0 Å². The second-order valence-corrected chi connectivity index (χ2v) is 9.82. The number of carbonyl (C=O) groups is 1. The summed E-state index contributed by atoms with van der Waals surface area (Å²) in [5.41, 5.74) is 4.81. The zero-order valence-electron chi connectivity index (χ0n) is 18.8. The number of hydrogen-bond donors (Lipinski definition) is 1. The Morgan fingerprint density at radius 1 is 1.12 bits per heavy atom. The molecule has 6 rings (SSSR count). The van der Waals surface area contributed by atoms with Crippen LogP contribution in [0.2, 0.25) is 0 Å². The first kappa shape index (κ1) is 20.7. The SMILES string of the molecule is Cc1ncc(CNC(=O)c2cc(-n3nncc3C3CC3)c3ncc(-c4ccc(C)s4)n3c2)cn1. The van der Waals surface area contributed by atoms with Crippen LogP contribution in [0.25, 0.3) is 21.9 Å². The fraction of sp³-hybridized carbons (Fsp3) is 0.250. The summed E-state index contributed by atoms with van der Waals surface area (Å²) in [7, 11) is 0. The van der Waals surface area contributed by atoms with E-state index in [2.05, 4.69) is 44.7 Å². The van der Waals surface area contributed by atoms with Gasteiger partial charge in [-0.2, -0.15) is 0 Å². The first-order valence-corrected chi connectivity index (χ1v) is 11.9. The van der Waals surface area contributed by atoms with E-state index in [1.165, 1.54) is 4.88 Å².